The second-order valence-corrected chi connectivity index (χ2v) is 7.41. The fourth-order valence-corrected chi connectivity index (χ4v) is 3.49. The molecule has 1 aromatic carbocycles. The van der Waals surface area contributed by atoms with E-state index in [1.807, 2.05) is 12.1 Å². The Morgan fingerprint density at radius 3 is 2.35 bits per heavy atom. The third-order valence-corrected chi connectivity index (χ3v) is 5.12. The Kier molecular flexibility index (Phi) is 6.67. The normalized spacial score (nSPS) is 11.9. The minimum absolute atomic E-state index is 0.0840. The number of thioether (sulfide) groups is 1. The summed E-state index contributed by atoms with van der Waals surface area (Å²) in [7, 11) is 0. The van der Waals surface area contributed by atoms with Crippen molar-refractivity contribution in [2.75, 3.05) is 5.75 Å². The maximum absolute atomic E-state index is 12.6. The molecule has 138 valence electrons. The molecule has 0 bridgehead atoms. The SMILES string of the molecule is CC(=O)c1c(C)[nH]c(C(=O)C(C)OC(=O)CSc2ccc(Cl)cc2)c1C. The quantitative estimate of drug-likeness (QED) is 0.428. The maximum Gasteiger partial charge on any atom is 0.316 e. The number of nitrogens with one attached hydrogen (secondary N) is 1. The van der Waals surface area contributed by atoms with E-state index in [-0.39, 0.29) is 17.3 Å². The molecule has 7 heteroatoms. The number of carbonyl (C=O) groups excluding carboxylic acids is 3. The number of hydrogen-bond donors (Lipinski definition) is 1. The van der Waals surface area contributed by atoms with Crippen molar-refractivity contribution in [1.82, 2.24) is 4.98 Å². The first-order valence-corrected chi connectivity index (χ1v) is 9.39. The van der Waals surface area contributed by atoms with E-state index in [1.54, 1.807) is 26.0 Å². The number of aromatic nitrogens is 1. The minimum Gasteiger partial charge on any atom is -0.454 e. The number of halogens is 1. The van der Waals surface area contributed by atoms with Gasteiger partial charge in [0.25, 0.3) is 0 Å². The molecule has 0 aliphatic carbocycles. The number of aromatic amines is 1. The molecule has 26 heavy (non-hydrogen) atoms. The summed E-state index contributed by atoms with van der Waals surface area (Å²) in [6.07, 6.45) is -0.940. The molecule has 0 saturated heterocycles. The van der Waals surface area contributed by atoms with Crippen LogP contribution < -0.4 is 0 Å². The summed E-state index contributed by atoms with van der Waals surface area (Å²) in [5, 5.41) is 0.623. The van der Waals surface area contributed by atoms with Crippen LogP contribution in [0.2, 0.25) is 5.02 Å². The van der Waals surface area contributed by atoms with Gasteiger partial charge >= 0.3 is 5.97 Å². The van der Waals surface area contributed by atoms with Crippen LogP contribution in [-0.2, 0) is 9.53 Å². The van der Waals surface area contributed by atoms with Gasteiger partial charge < -0.3 is 9.72 Å². The first kappa shape index (κ1) is 20.3. The van der Waals surface area contributed by atoms with Crippen LogP contribution in [0.1, 0.15) is 46.0 Å². The average molecular weight is 394 g/mol. The van der Waals surface area contributed by atoms with Crippen molar-refractivity contribution in [3.05, 3.63) is 51.8 Å². The average Bonchev–Trinajstić information content (AvgIpc) is 2.88. The van der Waals surface area contributed by atoms with Gasteiger partial charge in [0.15, 0.2) is 11.9 Å². The summed E-state index contributed by atoms with van der Waals surface area (Å²) < 4.78 is 5.24. The van der Waals surface area contributed by atoms with Crippen LogP contribution in [-0.4, -0.2) is 34.4 Å². The van der Waals surface area contributed by atoms with E-state index < -0.39 is 12.1 Å². The van der Waals surface area contributed by atoms with Crippen molar-refractivity contribution >= 4 is 40.9 Å². The van der Waals surface area contributed by atoms with Crippen molar-refractivity contribution in [3.8, 4) is 0 Å². The second-order valence-electron chi connectivity index (χ2n) is 5.92. The maximum atomic E-state index is 12.6. The van der Waals surface area contributed by atoms with E-state index in [1.165, 1.54) is 25.6 Å². The van der Waals surface area contributed by atoms with Gasteiger partial charge in [-0.25, -0.2) is 0 Å². The van der Waals surface area contributed by atoms with Gasteiger partial charge in [-0.2, -0.15) is 0 Å². The molecule has 5 nitrogen and oxygen atoms in total. The molecule has 1 unspecified atom stereocenters. The molecular formula is C19H20ClNO4S. The zero-order chi connectivity index (χ0) is 19.4. The van der Waals surface area contributed by atoms with Crippen molar-refractivity contribution in [3.63, 3.8) is 0 Å². The third kappa shape index (κ3) is 4.77. The Labute approximate surface area is 161 Å². The van der Waals surface area contributed by atoms with Crippen LogP contribution >= 0.6 is 23.4 Å². The topological polar surface area (TPSA) is 76.2 Å². The van der Waals surface area contributed by atoms with Crippen LogP contribution in [0.4, 0.5) is 0 Å². The van der Waals surface area contributed by atoms with Crippen molar-refractivity contribution in [2.45, 2.75) is 38.7 Å². The number of rotatable bonds is 7. The van der Waals surface area contributed by atoms with Gasteiger partial charge in [-0.05, 0) is 57.5 Å². The van der Waals surface area contributed by atoms with Crippen LogP contribution in [0.5, 0.6) is 0 Å². The van der Waals surface area contributed by atoms with E-state index >= 15 is 0 Å². The molecule has 1 N–H and O–H groups in total. The van der Waals surface area contributed by atoms with Crippen molar-refractivity contribution in [1.29, 1.82) is 0 Å². The zero-order valence-electron chi connectivity index (χ0n) is 15.0. The van der Waals surface area contributed by atoms with E-state index in [2.05, 4.69) is 4.98 Å². The molecule has 1 atom stereocenters. The van der Waals surface area contributed by atoms with E-state index in [0.717, 1.165) is 4.90 Å². The molecule has 0 fully saturated rings. The molecule has 1 aromatic heterocycles. The predicted octanol–water partition coefficient (Wildman–Crippen LogP) is 4.39. The number of ether oxygens (including phenoxy) is 1. The summed E-state index contributed by atoms with van der Waals surface area (Å²) in [4.78, 5) is 40.1. The number of carbonyl (C=O) groups is 3. The molecule has 2 rings (SSSR count). The Balaban J connectivity index is 1.98. The summed E-state index contributed by atoms with van der Waals surface area (Å²) in [6.45, 7) is 6.42. The summed E-state index contributed by atoms with van der Waals surface area (Å²) in [6, 6.07) is 7.10. The van der Waals surface area contributed by atoms with Crippen LogP contribution in [0.25, 0.3) is 0 Å². The lowest BCUT2D eigenvalue weighted by Crippen LogP contribution is -2.26. The molecule has 2 aromatic rings. The van der Waals surface area contributed by atoms with Gasteiger partial charge in [0.1, 0.15) is 0 Å². The Bertz CT molecular complexity index is 842. The molecule has 1 heterocycles. The molecule has 0 aliphatic rings. The zero-order valence-corrected chi connectivity index (χ0v) is 16.6. The molecular weight excluding hydrogens is 374 g/mol. The lowest BCUT2D eigenvalue weighted by atomic mass is 10.0. The summed E-state index contributed by atoms with van der Waals surface area (Å²) in [5.74, 6) is -0.874. The lowest BCUT2D eigenvalue weighted by molar-refractivity contribution is -0.143. The highest BCUT2D eigenvalue weighted by Gasteiger charge is 2.25. The Morgan fingerprint density at radius 1 is 1.19 bits per heavy atom. The number of esters is 1. The Morgan fingerprint density at radius 2 is 1.81 bits per heavy atom. The van der Waals surface area contributed by atoms with Gasteiger partial charge in [0.2, 0.25) is 5.78 Å². The number of H-pyrrole nitrogens is 1. The monoisotopic (exact) mass is 393 g/mol. The first-order chi connectivity index (χ1) is 12.2. The number of benzene rings is 1. The number of ketones is 2. The lowest BCUT2D eigenvalue weighted by Gasteiger charge is -2.12. The standard InChI is InChI=1S/C19H20ClNO4S/c1-10-17(12(3)22)11(2)21-18(10)19(24)13(4)25-16(23)9-26-15-7-5-14(20)6-8-15/h5-8,13,21H,9H2,1-4H3. The third-order valence-electron chi connectivity index (χ3n) is 3.88. The highest BCUT2D eigenvalue weighted by Crippen LogP contribution is 2.22. The minimum atomic E-state index is -0.940. The summed E-state index contributed by atoms with van der Waals surface area (Å²) >= 11 is 7.12. The van der Waals surface area contributed by atoms with E-state index in [9.17, 15) is 14.4 Å². The largest absolute Gasteiger partial charge is 0.454 e. The molecule has 0 radical (unpaired) electrons. The highest BCUT2D eigenvalue weighted by atomic mass is 35.5. The second kappa shape index (κ2) is 8.56. The molecule has 0 saturated carbocycles. The van der Waals surface area contributed by atoms with Gasteiger partial charge in [-0.3, -0.25) is 14.4 Å². The fourth-order valence-electron chi connectivity index (χ4n) is 2.69. The number of hydrogen-bond acceptors (Lipinski definition) is 5. The smallest absolute Gasteiger partial charge is 0.316 e. The van der Waals surface area contributed by atoms with Crippen molar-refractivity contribution in [2.24, 2.45) is 0 Å². The molecule has 0 aliphatic heterocycles. The predicted molar refractivity (Wildman–Crippen MR) is 102 cm³/mol. The van der Waals surface area contributed by atoms with Gasteiger partial charge in [-0.1, -0.05) is 11.6 Å². The Hall–Kier alpha value is -2.05. The van der Waals surface area contributed by atoms with E-state index in [0.29, 0.717) is 27.5 Å². The fraction of sp³-hybridized carbons (Fsp3) is 0.316. The van der Waals surface area contributed by atoms with Gasteiger partial charge in [0.05, 0.1) is 11.4 Å². The highest BCUT2D eigenvalue weighted by molar-refractivity contribution is 8.00. The molecule has 0 spiro atoms. The first-order valence-electron chi connectivity index (χ1n) is 8.02. The van der Waals surface area contributed by atoms with Gasteiger partial charge in [0, 0.05) is 21.2 Å². The van der Waals surface area contributed by atoms with Crippen LogP contribution in [0.3, 0.4) is 0 Å². The van der Waals surface area contributed by atoms with E-state index in [4.69, 9.17) is 16.3 Å². The van der Waals surface area contributed by atoms with Crippen LogP contribution in [0, 0.1) is 13.8 Å². The van der Waals surface area contributed by atoms with Crippen molar-refractivity contribution < 1.29 is 19.1 Å². The van der Waals surface area contributed by atoms with Gasteiger partial charge in [-0.15, -0.1) is 11.8 Å². The van der Waals surface area contributed by atoms with Crippen LogP contribution in [0.15, 0.2) is 29.2 Å². The molecule has 0 amide bonds. The summed E-state index contributed by atoms with van der Waals surface area (Å²) in [5.41, 5.74) is 2.03. The number of Topliss-reactive ketones (excluding diaryl/α,β-unsaturated/α-hetero) is 2. The number of aryl methyl sites for hydroxylation is 1.